The highest BCUT2D eigenvalue weighted by molar-refractivity contribution is 5.78. The number of carbonyl (C=O) groups excluding carboxylic acids is 1. The van der Waals surface area contributed by atoms with E-state index in [1.807, 2.05) is 0 Å². The van der Waals surface area contributed by atoms with Crippen LogP contribution in [0.5, 0.6) is 0 Å². The Kier molecular flexibility index (Phi) is 7.39. The first kappa shape index (κ1) is 16.4. The van der Waals surface area contributed by atoms with Gasteiger partial charge in [0.1, 0.15) is 0 Å². The number of rotatable bonds is 7. The van der Waals surface area contributed by atoms with Gasteiger partial charge in [-0.1, -0.05) is 13.8 Å². The number of likely N-dealkylation sites (N-methyl/N-ethyl adjacent to an activating group) is 1. The summed E-state index contributed by atoms with van der Waals surface area (Å²) in [6, 6.07) is 0.842. The predicted octanol–water partition coefficient (Wildman–Crippen LogP) is 1.61. The van der Waals surface area contributed by atoms with E-state index in [1.54, 1.807) is 0 Å². The van der Waals surface area contributed by atoms with Crippen LogP contribution in [-0.2, 0) is 4.79 Å². The molecule has 0 bridgehead atoms. The molecular weight excluding hydrogens is 238 g/mol. The van der Waals surface area contributed by atoms with Crippen molar-refractivity contribution in [1.82, 2.24) is 15.5 Å². The average molecular weight is 269 g/mol. The Labute approximate surface area is 118 Å². The molecule has 0 radical (unpaired) electrons. The van der Waals surface area contributed by atoms with Crippen LogP contribution in [0, 0.1) is 5.92 Å². The van der Waals surface area contributed by atoms with Crippen LogP contribution in [0.3, 0.4) is 0 Å². The molecule has 2 N–H and O–H groups in total. The van der Waals surface area contributed by atoms with Crippen molar-refractivity contribution in [2.24, 2.45) is 5.92 Å². The van der Waals surface area contributed by atoms with Gasteiger partial charge in [0.25, 0.3) is 0 Å². The summed E-state index contributed by atoms with van der Waals surface area (Å²) in [4.78, 5) is 14.2. The largest absolute Gasteiger partial charge is 0.353 e. The first-order valence-electron chi connectivity index (χ1n) is 7.69. The molecule has 1 heterocycles. The smallest absolute Gasteiger partial charge is 0.234 e. The van der Waals surface area contributed by atoms with Gasteiger partial charge in [-0.15, -0.1) is 0 Å². The van der Waals surface area contributed by atoms with E-state index < -0.39 is 0 Å². The lowest BCUT2D eigenvalue weighted by Gasteiger charge is -2.31. The summed E-state index contributed by atoms with van der Waals surface area (Å²) in [6.07, 6.45) is 4.53. The summed E-state index contributed by atoms with van der Waals surface area (Å²) in [5, 5.41) is 6.46. The zero-order valence-corrected chi connectivity index (χ0v) is 13.0. The quantitative estimate of drug-likeness (QED) is 0.738. The third kappa shape index (κ3) is 6.92. The molecule has 0 spiro atoms. The second-order valence-corrected chi connectivity index (χ2v) is 6.34. The van der Waals surface area contributed by atoms with E-state index in [0.29, 0.717) is 18.5 Å². The lowest BCUT2D eigenvalue weighted by atomic mass is 10.0. The Bertz CT molecular complexity index is 262. The molecule has 4 heteroatoms. The second-order valence-electron chi connectivity index (χ2n) is 6.34. The van der Waals surface area contributed by atoms with Gasteiger partial charge in [0, 0.05) is 12.1 Å². The molecule has 112 valence electrons. The van der Waals surface area contributed by atoms with Gasteiger partial charge < -0.3 is 10.6 Å². The number of nitrogens with one attached hydrogen (secondary N) is 2. The first-order chi connectivity index (χ1) is 8.99. The van der Waals surface area contributed by atoms with Crippen molar-refractivity contribution >= 4 is 5.91 Å². The molecule has 1 unspecified atom stereocenters. The van der Waals surface area contributed by atoms with E-state index in [-0.39, 0.29) is 11.9 Å². The van der Waals surface area contributed by atoms with Crippen molar-refractivity contribution in [1.29, 1.82) is 0 Å². The SMILES string of the molecule is CC(C)CCC(C)NC(=O)CN(C)C1CCNCC1. The molecule has 0 aromatic carbocycles. The molecule has 1 saturated heterocycles. The molecule has 0 aliphatic carbocycles. The fraction of sp³-hybridized carbons (Fsp3) is 0.933. The molecule has 4 nitrogen and oxygen atoms in total. The molecule has 19 heavy (non-hydrogen) atoms. The van der Waals surface area contributed by atoms with Crippen LogP contribution in [0.15, 0.2) is 0 Å². The lowest BCUT2D eigenvalue weighted by molar-refractivity contribution is -0.123. The van der Waals surface area contributed by atoms with Crippen LogP contribution in [-0.4, -0.2) is 49.6 Å². The third-order valence-corrected chi connectivity index (χ3v) is 3.91. The van der Waals surface area contributed by atoms with Gasteiger partial charge >= 0.3 is 0 Å². The number of nitrogens with zero attached hydrogens (tertiary/aromatic N) is 1. The Morgan fingerprint density at radius 2 is 1.89 bits per heavy atom. The van der Waals surface area contributed by atoms with Gasteiger partial charge in [-0.25, -0.2) is 0 Å². The molecule has 0 saturated carbocycles. The predicted molar refractivity (Wildman–Crippen MR) is 80.2 cm³/mol. The fourth-order valence-electron chi connectivity index (χ4n) is 2.58. The molecule has 0 aromatic heterocycles. The minimum Gasteiger partial charge on any atom is -0.353 e. The van der Waals surface area contributed by atoms with Crippen LogP contribution in [0.25, 0.3) is 0 Å². The molecule has 0 aromatic rings. The first-order valence-corrected chi connectivity index (χ1v) is 7.69. The minimum atomic E-state index is 0.164. The second kappa shape index (κ2) is 8.54. The summed E-state index contributed by atoms with van der Waals surface area (Å²) in [5.74, 6) is 0.869. The van der Waals surface area contributed by atoms with Crippen molar-refractivity contribution in [2.75, 3.05) is 26.7 Å². The van der Waals surface area contributed by atoms with Gasteiger partial charge in [0.15, 0.2) is 0 Å². The molecule has 1 aliphatic heterocycles. The Hall–Kier alpha value is -0.610. The van der Waals surface area contributed by atoms with E-state index in [2.05, 4.69) is 43.4 Å². The zero-order chi connectivity index (χ0) is 14.3. The van der Waals surface area contributed by atoms with E-state index in [4.69, 9.17) is 0 Å². The Morgan fingerprint density at radius 1 is 1.26 bits per heavy atom. The summed E-state index contributed by atoms with van der Waals surface area (Å²) in [6.45, 7) is 9.21. The number of hydrogen-bond donors (Lipinski definition) is 2. The Morgan fingerprint density at radius 3 is 2.47 bits per heavy atom. The molecular formula is C15H31N3O. The summed E-state index contributed by atoms with van der Waals surface area (Å²) >= 11 is 0. The van der Waals surface area contributed by atoms with Crippen molar-refractivity contribution < 1.29 is 4.79 Å². The third-order valence-electron chi connectivity index (χ3n) is 3.91. The molecule has 1 aliphatic rings. The van der Waals surface area contributed by atoms with Crippen LogP contribution >= 0.6 is 0 Å². The average Bonchev–Trinajstić information content (AvgIpc) is 2.37. The minimum absolute atomic E-state index is 0.164. The van der Waals surface area contributed by atoms with Gasteiger partial charge in [-0.2, -0.15) is 0 Å². The van der Waals surface area contributed by atoms with Crippen molar-refractivity contribution in [3.8, 4) is 0 Å². The topological polar surface area (TPSA) is 44.4 Å². The molecule has 1 amide bonds. The molecule has 1 atom stereocenters. The van der Waals surface area contributed by atoms with Crippen molar-refractivity contribution in [3.05, 3.63) is 0 Å². The van der Waals surface area contributed by atoms with E-state index in [1.165, 1.54) is 6.42 Å². The molecule has 1 rings (SSSR count). The highest BCUT2D eigenvalue weighted by atomic mass is 16.2. The van der Waals surface area contributed by atoms with Gasteiger partial charge in [0.2, 0.25) is 5.91 Å². The number of hydrogen-bond acceptors (Lipinski definition) is 3. The maximum Gasteiger partial charge on any atom is 0.234 e. The van der Waals surface area contributed by atoms with Crippen molar-refractivity contribution in [2.45, 2.75) is 58.5 Å². The van der Waals surface area contributed by atoms with E-state index >= 15 is 0 Å². The summed E-state index contributed by atoms with van der Waals surface area (Å²) in [5.41, 5.74) is 0. The monoisotopic (exact) mass is 269 g/mol. The summed E-state index contributed by atoms with van der Waals surface area (Å²) < 4.78 is 0. The molecule has 1 fully saturated rings. The zero-order valence-electron chi connectivity index (χ0n) is 13.0. The van der Waals surface area contributed by atoms with Crippen LogP contribution < -0.4 is 10.6 Å². The van der Waals surface area contributed by atoms with Gasteiger partial charge in [-0.3, -0.25) is 9.69 Å². The van der Waals surface area contributed by atoms with Gasteiger partial charge in [0.05, 0.1) is 6.54 Å². The Balaban J connectivity index is 2.21. The van der Waals surface area contributed by atoms with Gasteiger partial charge in [-0.05, 0) is 58.7 Å². The number of carbonyl (C=O) groups is 1. The van der Waals surface area contributed by atoms with Crippen LogP contribution in [0.1, 0.15) is 46.5 Å². The van der Waals surface area contributed by atoms with E-state index in [0.717, 1.165) is 32.4 Å². The maximum atomic E-state index is 12.0. The maximum absolute atomic E-state index is 12.0. The lowest BCUT2D eigenvalue weighted by Crippen LogP contribution is -2.46. The normalized spacial score (nSPS) is 18.8. The number of piperidine rings is 1. The highest BCUT2D eigenvalue weighted by Gasteiger charge is 2.20. The summed E-state index contributed by atoms with van der Waals surface area (Å²) in [7, 11) is 2.06. The van der Waals surface area contributed by atoms with Crippen molar-refractivity contribution in [3.63, 3.8) is 0 Å². The standard InChI is InChI=1S/C15H31N3O/c1-12(2)5-6-13(3)17-15(19)11-18(4)14-7-9-16-10-8-14/h12-14,16H,5-11H2,1-4H3,(H,17,19). The van der Waals surface area contributed by atoms with Crippen LogP contribution in [0.2, 0.25) is 0 Å². The number of amides is 1. The highest BCUT2D eigenvalue weighted by Crippen LogP contribution is 2.10. The van der Waals surface area contributed by atoms with E-state index in [9.17, 15) is 4.79 Å². The fourth-order valence-corrected chi connectivity index (χ4v) is 2.58. The van der Waals surface area contributed by atoms with Crippen LogP contribution in [0.4, 0.5) is 0 Å².